The molecule has 4 rings (SSSR count). The van der Waals surface area contributed by atoms with E-state index in [2.05, 4.69) is 5.32 Å². The molecule has 2 aromatic rings. The van der Waals surface area contributed by atoms with E-state index in [0.29, 0.717) is 35.1 Å². The maximum atomic E-state index is 12.4. The van der Waals surface area contributed by atoms with Crippen LogP contribution in [0.1, 0.15) is 12.8 Å². The van der Waals surface area contributed by atoms with Crippen molar-refractivity contribution in [1.29, 1.82) is 0 Å². The van der Waals surface area contributed by atoms with Gasteiger partial charge in [-0.25, -0.2) is 0 Å². The van der Waals surface area contributed by atoms with Gasteiger partial charge in [-0.2, -0.15) is 0 Å². The van der Waals surface area contributed by atoms with E-state index in [1.165, 1.54) is 0 Å². The molecule has 0 bridgehead atoms. The van der Waals surface area contributed by atoms with Gasteiger partial charge in [0.25, 0.3) is 0 Å². The second-order valence-electron chi connectivity index (χ2n) is 7.02. The van der Waals surface area contributed by atoms with E-state index in [1.54, 1.807) is 36.4 Å². The van der Waals surface area contributed by atoms with Gasteiger partial charge in [-0.1, -0.05) is 35.9 Å². The third-order valence-corrected chi connectivity index (χ3v) is 5.42. The molecule has 29 heavy (non-hydrogen) atoms. The fourth-order valence-corrected chi connectivity index (χ4v) is 3.80. The number of benzene rings is 2. The van der Waals surface area contributed by atoms with Crippen molar-refractivity contribution in [2.45, 2.75) is 12.8 Å². The first-order chi connectivity index (χ1) is 14.0. The number of ether oxygens (including phenoxy) is 1. The van der Waals surface area contributed by atoms with Crippen LogP contribution in [0.25, 0.3) is 0 Å². The lowest BCUT2D eigenvalue weighted by molar-refractivity contribution is -0.142. The van der Waals surface area contributed by atoms with Gasteiger partial charge in [0.1, 0.15) is 18.0 Å². The predicted molar refractivity (Wildman–Crippen MR) is 109 cm³/mol. The average Bonchev–Trinajstić information content (AvgIpc) is 2.96. The van der Waals surface area contributed by atoms with Crippen LogP contribution in [0.5, 0.6) is 11.5 Å². The summed E-state index contributed by atoms with van der Waals surface area (Å²) in [7, 11) is 0. The van der Waals surface area contributed by atoms with Crippen molar-refractivity contribution in [2.24, 2.45) is 11.8 Å². The average molecular weight is 411 g/mol. The first kappa shape index (κ1) is 19.2. The minimum absolute atomic E-state index is 0.261. The van der Waals surface area contributed by atoms with Gasteiger partial charge in [-0.3, -0.25) is 19.3 Å². The minimum Gasteiger partial charge on any atom is -0.456 e. The number of para-hydroxylation sites is 1. The summed E-state index contributed by atoms with van der Waals surface area (Å²) in [5.74, 6) is -0.502. The molecular weight excluding hydrogens is 392 g/mol. The molecular formula is C22H19ClN2O4. The quantitative estimate of drug-likeness (QED) is 0.596. The van der Waals surface area contributed by atoms with Crippen LogP contribution in [0.4, 0.5) is 5.69 Å². The number of halogens is 1. The number of nitrogens with zero attached hydrogens (tertiary/aromatic N) is 1. The van der Waals surface area contributed by atoms with E-state index in [-0.39, 0.29) is 30.2 Å². The summed E-state index contributed by atoms with van der Waals surface area (Å²) in [6.45, 7) is -0.275. The highest BCUT2D eigenvalue weighted by molar-refractivity contribution is 6.32. The van der Waals surface area contributed by atoms with Gasteiger partial charge < -0.3 is 10.1 Å². The van der Waals surface area contributed by atoms with Crippen molar-refractivity contribution in [3.05, 3.63) is 65.7 Å². The lowest BCUT2D eigenvalue weighted by atomic mass is 9.85. The van der Waals surface area contributed by atoms with Gasteiger partial charge in [-0.05, 0) is 49.2 Å². The van der Waals surface area contributed by atoms with Crippen molar-refractivity contribution < 1.29 is 19.1 Å². The molecule has 2 aromatic carbocycles. The molecule has 148 valence electrons. The Morgan fingerprint density at radius 2 is 1.62 bits per heavy atom. The first-order valence-corrected chi connectivity index (χ1v) is 9.73. The summed E-state index contributed by atoms with van der Waals surface area (Å²) in [4.78, 5) is 38.3. The number of nitrogens with one attached hydrogen (secondary N) is 1. The van der Waals surface area contributed by atoms with Crippen molar-refractivity contribution in [1.82, 2.24) is 4.90 Å². The molecule has 1 saturated heterocycles. The molecule has 2 aliphatic rings. The van der Waals surface area contributed by atoms with E-state index in [9.17, 15) is 14.4 Å². The predicted octanol–water partition coefficient (Wildman–Crippen LogP) is 4.02. The number of likely N-dealkylation sites (tertiary alicyclic amines) is 1. The SMILES string of the molecule is O=C(CN1C(=O)[C@H]2CC=CC[C@@H]2C1=O)Nc1ccc(Oc2ccccc2Cl)cc1. The zero-order chi connectivity index (χ0) is 20.4. The van der Waals surface area contributed by atoms with E-state index in [4.69, 9.17) is 16.3 Å². The topological polar surface area (TPSA) is 75.7 Å². The molecule has 0 saturated carbocycles. The fourth-order valence-electron chi connectivity index (χ4n) is 3.63. The van der Waals surface area contributed by atoms with Crippen LogP contribution in [0.15, 0.2) is 60.7 Å². The minimum atomic E-state index is -0.418. The third-order valence-electron chi connectivity index (χ3n) is 5.10. The number of carbonyl (C=O) groups excluding carboxylic acids is 3. The maximum Gasteiger partial charge on any atom is 0.244 e. The summed E-state index contributed by atoms with van der Waals surface area (Å²) in [6.07, 6.45) is 4.95. The molecule has 7 heteroatoms. The summed E-state index contributed by atoms with van der Waals surface area (Å²) in [5, 5.41) is 3.21. The van der Waals surface area contributed by atoms with E-state index >= 15 is 0 Å². The first-order valence-electron chi connectivity index (χ1n) is 9.35. The number of hydrogen-bond donors (Lipinski definition) is 1. The van der Waals surface area contributed by atoms with Crippen molar-refractivity contribution >= 4 is 35.0 Å². The number of hydrogen-bond acceptors (Lipinski definition) is 4. The van der Waals surface area contributed by atoms with Crippen LogP contribution in [0.3, 0.4) is 0 Å². The highest BCUT2D eigenvalue weighted by Gasteiger charge is 2.47. The Morgan fingerprint density at radius 3 is 2.24 bits per heavy atom. The summed E-state index contributed by atoms with van der Waals surface area (Å²) in [6, 6.07) is 13.9. The van der Waals surface area contributed by atoms with E-state index in [1.807, 2.05) is 24.3 Å². The monoisotopic (exact) mass is 410 g/mol. The number of imide groups is 1. The van der Waals surface area contributed by atoms with Gasteiger partial charge in [0.15, 0.2) is 0 Å². The van der Waals surface area contributed by atoms with Crippen molar-refractivity contribution in [3.63, 3.8) is 0 Å². The van der Waals surface area contributed by atoms with Crippen molar-refractivity contribution in [2.75, 3.05) is 11.9 Å². The second kappa shape index (κ2) is 8.09. The number of amides is 3. The summed E-state index contributed by atoms with van der Waals surface area (Å²) in [5.41, 5.74) is 0.541. The standard InChI is InChI=1S/C22H19ClN2O4/c23-18-7-3-4-8-19(18)29-15-11-9-14(10-12-15)24-20(26)13-25-21(27)16-5-1-2-6-17(16)22(25)28/h1-4,7-12,16-17H,5-6,13H2,(H,24,26)/t16-,17-/m0/s1. The van der Waals surface area contributed by atoms with Crippen LogP contribution in [0, 0.1) is 11.8 Å². The van der Waals surface area contributed by atoms with E-state index < -0.39 is 5.91 Å². The van der Waals surface area contributed by atoms with Crippen LogP contribution >= 0.6 is 11.6 Å². The Bertz CT molecular complexity index is 961. The molecule has 1 N–H and O–H groups in total. The summed E-state index contributed by atoms with van der Waals surface area (Å²) < 4.78 is 5.71. The molecule has 2 atom stereocenters. The van der Waals surface area contributed by atoms with E-state index in [0.717, 1.165) is 4.90 Å². The molecule has 0 aromatic heterocycles. The molecule has 0 radical (unpaired) electrons. The number of anilines is 1. The molecule has 0 unspecified atom stereocenters. The third kappa shape index (κ3) is 4.03. The maximum absolute atomic E-state index is 12.4. The highest BCUT2D eigenvalue weighted by atomic mass is 35.5. The number of rotatable bonds is 5. The van der Waals surface area contributed by atoms with Crippen LogP contribution in [0.2, 0.25) is 5.02 Å². The molecule has 3 amide bonds. The number of allylic oxidation sites excluding steroid dienone is 2. The zero-order valence-electron chi connectivity index (χ0n) is 15.5. The molecule has 1 aliphatic heterocycles. The van der Waals surface area contributed by atoms with Crippen LogP contribution in [-0.4, -0.2) is 29.2 Å². The van der Waals surface area contributed by atoms with Gasteiger partial charge in [0.2, 0.25) is 17.7 Å². The Kier molecular flexibility index (Phi) is 5.36. The lowest BCUT2D eigenvalue weighted by Gasteiger charge is -2.14. The van der Waals surface area contributed by atoms with Crippen LogP contribution in [-0.2, 0) is 14.4 Å². The number of fused-ring (bicyclic) bond motifs is 1. The Balaban J connectivity index is 1.36. The summed E-state index contributed by atoms with van der Waals surface area (Å²) >= 11 is 6.08. The van der Waals surface area contributed by atoms with Gasteiger partial charge in [0.05, 0.1) is 16.9 Å². The molecule has 0 spiro atoms. The smallest absolute Gasteiger partial charge is 0.244 e. The van der Waals surface area contributed by atoms with Crippen LogP contribution < -0.4 is 10.1 Å². The van der Waals surface area contributed by atoms with Gasteiger partial charge in [-0.15, -0.1) is 0 Å². The normalized spacial score (nSPS) is 20.5. The molecule has 1 fully saturated rings. The van der Waals surface area contributed by atoms with Gasteiger partial charge >= 0.3 is 0 Å². The fraction of sp³-hybridized carbons (Fsp3) is 0.227. The molecule has 1 aliphatic carbocycles. The number of carbonyl (C=O) groups is 3. The lowest BCUT2D eigenvalue weighted by Crippen LogP contribution is -2.38. The highest BCUT2D eigenvalue weighted by Crippen LogP contribution is 2.35. The Hall–Kier alpha value is -3.12. The molecule has 1 heterocycles. The second-order valence-corrected chi connectivity index (χ2v) is 7.43. The Morgan fingerprint density at radius 1 is 1.00 bits per heavy atom. The molecule has 6 nitrogen and oxygen atoms in total. The largest absolute Gasteiger partial charge is 0.456 e. The Labute approximate surface area is 173 Å². The van der Waals surface area contributed by atoms with Crippen molar-refractivity contribution in [3.8, 4) is 11.5 Å². The zero-order valence-corrected chi connectivity index (χ0v) is 16.3. The van der Waals surface area contributed by atoms with Gasteiger partial charge in [0, 0.05) is 5.69 Å².